The second-order valence-electron chi connectivity index (χ2n) is 8.19. The number of nitrogens with one attached hydrogen (secondary N) is 1. The summed E-state index contributed by atoms with van der Waals surface area (Å²) in [6, 6.07) is 36.4. The van der Waals surface area contributed by atoms with Gasteiger partial charge in [0.15, 0.2) is 0 Å². The minimum absolute atomic E-state index is 0.437. The van der Waals surface area contributed by atoms with E-state index in [1.807, 2.05) is 103 Å². The van der Waals surface area contributed by atoms with Crippen LogP contribution in [0.2, 0.25) is 0 Å². The molecule has 182 valence electrons. The predicted octanol–water partition coefficient (Wildman–Crippen LogP) is 7.22. The second-order valence-corrected chi connectivity index (χ2v) is 10.5. The Kier molecular flexibility index (Phi) is 8.71. The van der Waals surface area contributed by atoms with Gasteiger partial charge >= 0.3 is 0 Å². The predicted molar refractivity (Wildman–Crippen MR) is 157 cm³/mol. The van der Waals surface area contributed by atoms with E-state index in [1.54, 1.807) is 21.6 Å². The lowest BCUT2D eigenvalue weighted by atomic mass is 10.1. The Bertz CT molecular complexity index is 1330. The Hall–Kier alpha value is -3.68. The van der Waals surface area contributed by atoms with Crippen LogP contribution in [0.5, 0.6) is 0 Å². The molecule has 0 aliphatic rings. The smallest absolute Gasteiger partial charge is 0.200 e. The van der Waals surface area contributed by atoms with E-state index in [9.17, 15) is 0 Å². The quantitative estimate of drug-likeness (QED) is 0.148. The molecule has 4 aromatic rings. The summed E-state index contributed by atoms with van der Waals surface area (Å²) in [5.74, 6) is 0.992. The van der Waals surface area contributed by atoms with E-state index < -0.39 is 0 Å². The maximum atomic E-state index is 8.53. The van der Waals surface area contributed by atoms with E-state index >= 15 is 0 Å². The van der Waals surface area contributed by atoms with Crippen LogP contribution in [0.25, 0.3) is 0 Å². The molecule has 0 bridgehead atoms. The SMILES string of the molecule is CN(C(=N)Cc1cccc(SSc2cccc(N=C(N)N(C)c3ccccc3)c2)c1)c1ccccc1. The highest BCUT2D eigenvalue weighted by Crippen LogP contribution is 2.38. The third-order valence-electron chi connectivity index (χ3n) is 5.60. The first kappa shape index (κ1) is 25.4. The van der Waals surface area contributed by atoms with Crippen molar-refractivity contribution in [3.05, 3.63) is 115 Å². The van der Waals surface area contributed by atoms with Crippen molar-refractivity contribution in [2.75, 3.05) is 23.9 Å². The number of benzene rings is 4. The number of amidine groups is 1. The van der Waals surface area contributed by atoms with E-state index in [2.05, 4.69) is 35.3 Å². The molecule has 0 radical (unpaired) electrons. The molecule has 7 heteroatoms. The zero-order valence-electron chi connectivity index (χ0n) is 20.3. The fourth-order valence-electron chi connectivity index (χ4n) is 3.52. The fourth-order valence-corrected chi connectivity index (χ4v) is 5.55. The minimum Gasteiger partial charge on any atom is -0.369 e. The highest BCUT2D eigenvalue weighted by atomic mass is 33.1. The van der Waals surface area contributed by atoms with Gasteiger partial charge in [-0.05, 0) is 60.2 Å². The molecule has 0 amide bonds. The first-order chi connectivity index (χ1) is 17.5. The molecule has 3 N–H and O–H groups in total. The lowest BCUT2D eigenvalue weighted by Crippen LogP contribution is -2.33. The molecule has 0 aromatic heterocycles. The molecular formula is C29H29N5S2. The van der Waals surface area contributed by atoms with Crippen LogP contribution in [0.1, 0.15) is 5.56 Å². The summed E-state index contributed by atoms with van der Waals surface area (Å²) in [6.45, 7) is 0. The summed E-state index contributed by atoms with van der Waals surface area (Å²) in [7, 11) is 7.22. The molecule has 0 aliphatic heterocycles. The zero-order valence-corrected chi connectivity index (χ0v) is 22.0. The number of hydrogen-bond donors (Lipinski definition) is 2. The Labute approximate surface area is 221 Å². The van der Waals surface area contributed by atoms with Crippen LogP contribution >= 0.6 is 21.6 Å². The molecule has 0 aliphatic carbocycles. The highest BCUT2D eigenvalue weighted by molar-refractivity contribution is 8.76. The van der Waals surface area contributed by atoms with Gasteiger partial charge in [-0.3, -0.25) is 5.41 Å². The largest absolute Gasteiger partial charge is 0.369 e. The van der Waals surface area contributed by atoms with Crippen molar-refractivity contribution < 1.29 is 0 Å². The first-order valence-corrected chi connectivity index (χ1v) is 13.7. The van der Waals surface area contributed by atoms with Gasteiger partial charge < -0.3 is 15.5 Å². The minimum atomic E-state index is 0.437. The van der Waals surface area contributed by atoms with Crippen LogP contribution in [-0.2, 0) is 6.42 Å². The molecule has 0 spiro atoms. The Morgan fingerprint density at radius 3 is 1.92 bits per heavy atom. The lowest BCUT2D eigenvalue weighted by molar-refractivity contribution is 1.14. The monoisotopic (exact) mass is 511 g/mol. The van der Waals surface area contributed by atoms with E-state index in [4.69, 9.17) is 11.1 Å². The summed E-state index contributed by atoms with van der Waals surface area (Å²) in [5, 5.41) is 8.53. The average molecular weight is 512 g/mol. The molecule has 4 rings (SSSR count). The van der Waals surface area contributed by atoms with Crippen LogP contribution in [0.15, 0.2) is 124 Å². The number of guanidine groups is 1. The molecule has 0 unspecified atom stereocenters. The number of aliphatic imine (C=N–C) groups is 1. The number of nitrogens with zero attached hydrogens (tertiary/aromatic N) is 3. The summed E-state index contributed by atoms with van der Waals surface area (Å²) < 4.78 is 0. The summed E-state index contributed by atoms with van der Waals surface area (Å²) in [4.78, 5) is 10.6. The van der Waals surface area contributed by atoms with Crippen molar-refractivity contribution in [1.29, 1.82) is 5.41 Å². The standard InChI is InChI=1S/C29H29N5S2/c1-33(24-13-5-3-6-14-24)28(30)20-22-11-9-17-26(19-22)35-36-27-18-10-12-23(21-27)32-29(31)34(2)25-15-7-4-8-16-25/h3-19,21,30H,20H2,1-2H3,(H2,31,32). The molecular weight excluding hydrogens is 482 g/mol. The number of rotatable bonds is 8. The van der Waals surface area contributed by atoms with E-state index in [0.29, 0.717) is 18.2 Å². The molecule has 0 fully saturated rings. The number of hydrogen-bond acceptors (Lipinski definition) is 4. The zero-order chi connectivity index (χ0) is 25.3. The molecule has 0 saturated carbocycles. The van der Waals surface area contributed by atoms with Gasteiger partial charge in [0, 0.05) is 41.7 Å². The van der Waals surface area contributed by atoms with E-state index in [1.165, 1.54) is 0 Å². The highest BCUT2D eigenvalue weighted by Gasteiger charge is 2.09. The van der Waals surface area contributed by atoms with Crippen LogP contribution in [-0.4, -0.2) is 25.9 Å². The van der Waals surface area contributed by atoms with Gasteiger partial charge in [0.25, 0.3) is 0 Å². The fraction of sp³-hybridized carbons (Fsp3) is 0.103. The third kappa shape index (κ3) is 6.93. The number of nitrogens with two attached hydrogens (primary N) is 1. The van der Waals surface area contributed by atoms with Gasteiger partial charge in [-0.15, -0.1) is 0 Å². The van der Waals surface area contributed by atoms with Crippen molar-refractivity contribution in [2.45, 2.75) is 16.2 Å². The molecule has 36 heavy (non-hydrogen) atoms. The van der Waals surface area contributed by atoms with Gasteiger partial charge in [0.2, 0.25) is 5.96 Å². The molecule has 0 saturated heterocycles. The Balaban J connectivity index is 1.38. The summed E-state index contributed by atoms with van der Waals surface area (Å²) >= 11 is 0. The third-order valence-corrected chi connectivity index (χ3v) is 7.98. The van der Waals surface area contributed by atoms with Crippen molar-refractivity contribution in [3.8, 4) is 0 Å². The van der Waals surface area contributed by atoms with Gasteiger partial charge in [0.05, 0.1) is 5.69 Å². The summed E-state index contributed by atoms with van der Waals surface area (Å²) in [6.07, 6.45) is 0.572. The van der Waals surface area contributed by atoms with Gasteiger partial charge in [-0.2, -0.15) is 0 Å². The van der Waals surface area contributed by atoms with Gasteiger partial charge in [-0.1, -0.05) is 76.2 Å². The van der Waals surface area contributed by atoms with Crippen molar-refractivity contribution in [1.82, 2.24) is 0 Å². The van der Waals surface area contributed by atoms with Crippen LogP contribution in [0.4, 0.5) is 17.1 Å². The molecule has 0 atom stereocenters. The normalized spacial score (nSPS) is 11.2. The van der Waals surface area contributed by atoms with E-state index in [-0.39, 0.29) is 0 Å². The van der Waals surface area contributed by atoms with Crippen molar-refractivity contribution >= 4 is 50.4 Å². The maximum Gasteiger partial charge on any atom is 0.200 e. The van der Waals surface area contributed by atoms with Crippen LogP contribution < -0.4 is 15.5 Å². The van der Waals surface area contributed by atoms with E-state index in [0.717, 1.165) is 32.4 Å². The first-order valence-electron chi connectivity index (χ1n) is 11.5. The van der Waals surface area contributed by atoms with Gasteiger partial charge in [0.1, 0.15) is 5.84 Å². The van der Waals surface area contributed by atoms with Crippen molar-refractivity contribution in [3.63, 3.8) is 0 Å². The summed E-state index contributed by atoms with van der Waals surface area (Å²) in [5.41, 5.74) is 10.2. The second kappa shape index (κ2) is 12.3. The Morgan fingerprint density at radius 2 is 1.28 bits per heavy atom. The van der Waals surface area contributed by atoms with Crippen LogP contribution in [0.3, 0.4) is 0 Å². The topological polar surface area (TPSA) is 68.7 Å². The average Bonchev–Trinajstić information content (AvgIpc) is 2.92. The molecule has 4 aromatic carbocycles. The number of likely N-dealkylation sites (N-methyl/N-ethyl adjacent to an activating group) is 1. The molecule has 0 heterocycles. The number of para-hydroxylation sites is 2. The van der Waals surface area contributed by atoms with Crippen LogP contribution in [0, 0.1) is 5.41 Å². The van der Waals surface area contributed by atoms with Crippen molar-refractivity contribution in [2.24, 2.45) is 10.7 Å². The number of anilines is 2. The molecule has 5 nitrogen and oxygen atoms in total. The van der Waals surface area contributed by atoms with Gasteiger partial charge in [-0.25, -0.2) is 4.99 Å². The lowest BCUT2D eigenvalue weighted by Gasteiger charge is -2.20. The Morgan fingerprint density at radius 1 is 0.722 bits per heavy atom. The maximum absolute atomic E-state index is 8.53.